The molecule has 2 rings (SSSR count). The first kappa shape index (κ1) is 14.1. The van der Waals surface area contributed by atoms with Gasteiger partial charge in [-0.1, -0.05) is 0 Å². The topological polar surface area (TPSA) is 65.9 Å². The first-order valence-corrected chi connectivity index (χ1v) is 6.61. The highest BCUT2D eigenvalue weighted by Crippen LogP contribution is 2.21. The summed E-state index contributed by atoms with van der Waals surface area (Å²) in [5, 5.41) is 9.93. The average Bonchev–Trinajstić information content (AvgIpc) is 2.76. The zero-order valence-electron chi connectivity index (χ0n) is 12.0. The SMILES string of the molecule is CC(C)(C)OC(=O)CCc1c[nH]c2ccc(C#N)cc12. The van der Waals surface area contributed by atoms with Crippen LogP contribution >= 0.6 is 0 Å². The third kappa shape index (κ3) is 3.39. The van der Waals surface area contributed by atoms with Gasteiger partial charge in [0.05, 0.1) is 11.6 Å². The molecule has 1 aromatic carbocycles. The lowest BCUT2D eigenvalue weighted by molar-refractivity contribution is -0.154. The fourth-order valence-corrected chi connectivity index (χ4v) is 2.08. The Hall–Kier alpha value is -2.28. The van der Waals surface area contributed by atoms with E-state index >= 15 is 0 Å². The highest BCUT2D eigenvalue weighted by molar-refractivity contribution is 5.85. The molecule has 0 amide bonds. The van der Waals surface area contributed by atoms with Gasteiger partial charge in [0, 0.05) is 23.5 Å². The van der Waals surface area contributed by atoms with Crippen LogP contribution in [0.5, 0.6) is 0 Å². The second-order valence-corrected chi connectivity index (χ2v) is 5.77. The number of aromatic amines is 1. The van der Waals surface area contributed by atoms with Crippen molar-refractivity contribution in [2.75, 3.05) is 0 Å². The van der Waals surface area contributed by atoms with Gasteiger partial charge >= 0.3 is 5.97 Å². The molecule has 0 bridgehead atoms. The van der Waals surface area contributed by atoms with Crippen LogP contribution in [0.3, 0.4) is 0 Å². The number of carbonyl (C=O) groups excluding carboxylic acids is 1. The van der Waals surface area contributed by atoms with E-state index in [1.807, 2.05) is 39.1 Å². The van der Waals surface area contributed by atoms with E-state index in [0.717, 1.165) is 16.5 Å². The third-order valence-electron chi connectivity index (χ3n) is 2.92. The summed E-state index contributed by atoms with van der Waals surface area (Å²) in [5.74, 6) is -0.205. The van der Waals surface area contributed by atoms with Crippen LogP contribution in [-0.4, -0.2) is 16.6 Å². The van der Waals surface area contributed by atoms with Gasteiger partial charge in [0.25, 0.3) is 0 Å². The molecule has 104 valence electrons. The Labute approximate surface area is 118 Å². The first-order valence-electron chi connectivity index (χ1n) is 6.61. The van der Waals surface area contributed by atoms with Crippen molar-refractivity contribution in [1.29, 1.82) is 5.26 Å². The third-order valence-corrected chi connectivity index (χ3v) is 2.92. The van der Waals surface area contributed by atoms with Crippen LogP contribution in [0.2, 0.25) is 0 Å². The van der Waals surface area contributed by atoms with Gasteiger partial charge in [-0.25, -0.2) is 0 Å². The maximum atomic E-state index is 11.7. The predicted molar refractivity (Wildman–Crippen MR) is 77.2 cm³/mol. The van der Waals surface area contributed by atoms with Gasteiger partial charge in [0.2, 0.25) is 0 Å². The van der Waals surface area contributed by atoms with E-state index in [4.69, 9.17) is 10.00 Å². The van der Waals surface area contributed by atoms with E-state index in [-0.39, 0.29) is 5.97 Å². The number of nitrogens with zero attached hydrogens (tertiary/aromatic N) is 1. The van der Waals surface area contributed by atoms with Gasteiger partial charge in [-0.05, 0) is 51.0 Å². The van der Waals surface area contributed by atoms with E-state index in [1.165, 1.54) is 0 Å². The number of aryl methyl sites for hydroxylation is 1. The zero-order valence-corrected chi connectivity index (χ0v) is 12.0. The zero-order chi connectivity index (χ0) is 14.8. The summed E-state index contributed by atoms with van der Waals surface area (Å²) in [7, 11) is 0. The minimum absolute atomic E-state index is 0.205. The normalized spacial score (nSPS) is 11.3. The van der Waals surface area contributed by atoms with E-state index in [2.05, 4.69) is 11.1 Å². The molecule has 20 heavy (non-hydrogen) atoms. The van der Waals surface area contributed by atoms with Crippen molar-refractivity contribution in [3.63, 3.8) is 0 Å². The highest BCUT2D eigenvalue weighted by Gasteiger charge is 2.16. The van der Waals surface area contributed by atoms with Crippen LogP contribution in [0.1, 0.15) is 38.3 Å². The van der Waals surface area contributed by atoms with E-state index < -0.39 is 5.60 Å². The number of nitrogens with one attached hydrogen (secondary N) is 1. The molecule has 4 nitrogen and oxygen atoms in total. The van der Waals surface area contributed by atoms with Crippen LogP contribution < -0.4 is 0 Å². The van der Waals surface area contributed by atoms with Gasteiger partial charge < -0.3 is 9.72 Å². The first-order chi connectivity index (χ1) is 9.39. The lowest BCUT2D eigenvalue weighted by Gasteiger charge is -2.19. The molecule has 0 aliphatic rings. The number of fused-ring (bicyclic) bond motifs is 1. The second-order valence-electron chi connectivity index (χ2n) is 5.77. The number of rotatable bonds is 3. The lowest BCUT2D eigenvalue weighted by atomic mass is 10.1. The monoisotopic (exact) mass is 270 g/mol. The van der Waals surface area contributed by atoms with E-state index in [9.17, 15) is 4.79 Å². The number of ether oxygens (including phenoxy) is 1. The second kappa shape index (κ2) is 5.38. The summed E-state index contributed by atoms with van der Waals surface area (Å²) in [4.78, 5) is 14.9. The van der Waals surface area contributed by atoms with E-state index in [1.54, 1.807) is 6.07 Å². The van der Waals surface area contributed by atoms with Gasteiger partial charge in [-0.2, -0.15) is 5.26 Å². The number of carbonyl (C=O) groups is 1. The van der Waals surface area contributed by atoms with Crippen molar-refractivity contribution in [3.05, 3.63) is 35.5 Å². The molecule has 0 spiro atoms. The summed E-state index contributed by atoms with van der Waals surface area (Å²) < 4.78 is 5.29. The highest BCUT2D eigenvalue weighted by atomic mass is 16.6. The fraction of sp³-hybridized carbons (Fsp3) is 0.375. The average molecular weight is 270 g/mol. The Kier molecular flexibility index (Phi) is 3.80. The maximum Gasteiger partial charge on any atom is 0.306 e. The molecular formula is C16H18N2O2. The number of hydrogen-bond acceptors (Lipinski definition) is 3. The predicted octanol–water partition coefficient (Wildman–Crippen LogP) is 3.31. The summed E-state index contributed by atoms with van der Waals surface area (Å²) in [6.07, 6.45) is 2.82. The van der Waals surface area contributed by atoms with Crippen molar-refractivity contribution >= 4 is 16.9 Å². The largest absolute Gasteiger partial charge is 0.460 e. The number of nitriles is 1. The fourth-order valence-electron chi connectivity index (χ4n) is 2.08. The van der Waals surface area contributed by atoms with Gasteiger partial charge in [-0.3, -0.25) is 4.79 Å². The minimum Gasteiger partial charge on any atom is -0.460 e. The molecule has 2 aromatic rings. The Morgan fingerprint density at radius 2 is 2.15 bits per heavy atom. The molecule has 0 unspecified atom stereocenters. The van der Waals surface area contributed by atoms with Crippen LogP contribution in [0.25, 0.3) is 10.9 Å². The van der Waals surface area contributed by atoms with Gasteiger partial charge in [-0.15, -0.1) is 0 Å². The van der Waals surface area contributed by atoms with Gasteiger partial charge in [0.15, 0.2) is 0 Å². The molecule has 1 aromatic heterocycles. The number of esters is 1. The molecular weight excluding hydrogens is 252 g/mol. The summed E-state index contributed by atoms with van der Waals surface area (Å²) >= 11 is 0. The molecule has 1 N–H and O–H groups in total. The molecule has 0 fully saturated rings. The van der Waals surface area contributed by atoms with E-state index in [0.29, 0.717) is 18.4 Å². The van der Waals surface area contributed by atoms with Crippen LogP contribution in [0.15, 0.2) is 24.4 Å². The number of benzene rings is 1. The van der Waals surface area contributed by atoms with Crippen LogP contribution in [0.4, 0.5) is 0 Å². The van der Waals surface area contributed by atoms with Crippen molar-refractivity contribution in [3.8, 4) is 6.07 Å². The number of aromatic nitrogens is 1. The summed E-state index contributed by atoms with van der Waals surface area (Å²) in [5.41, 5.74) is 2.17. The lowest BCUT2D eigenvalue weighted by Crippen LogP contribution is -2.23. The molecule has 0 radical (unpaired) electrons. The number of H-pyrrole nitrogens is 1. The van der Waals surface area contributed by atoms with Crippen LogP contribution in [0, 0.1) is 11.3 Å². The van der Waals surface area contributed by atoms with Crippen molar-refractivity contribution in [2.24, 2.45) is 0 Å². The molecule has 0 saturated carbocycles. The van der Waals surface area contributed by atoms with Crippen molar-refractivity contribution in [2.45, 2.75) is 39.2 Å². The summed E-state index contributed by atoms with van der Waals surface area (Å²) in [6, 6.07) is 7.62. The molecule has 0 aliphatic carbocycles. The Bertz CT molecular complexity index is 672. The Morgan fingerprint density at radius 1 is 1.40 bits per heavy atom. The molecule has 0 saturated heterocycles. The standard InChI is InChI=1S/C16H18N2O2/c1-16(2,3)20-15(19)7-5-12-10-18-14-6-4-11(9-17)8-13(12)14/h4,6,8,10,18H,5,7H2,1-3H3. The molecule has 4 heteroatoms. The molecule has 0 atom stereocenters. The van der Waals surface area contributed by atoms with Crippen LogP contribution in [-0.2, 0) is 16.0 Å². The quantitative estimate of drug-likeness (QED) is 0.870. The minimum atomic E-state index is -0.453. The summed E-state index contributed by atoms with van der Waals surface area (Å²) in [6.45, 7) is 5.57. The van der Waals surface area contributed by atoms with Gasteiger partial charge in [0.1, 0.15) is 5.60 Å². The molecule has 0 aliphatic heterocycles. The van der Waals surface area contributed by atoms with Crippen molar-refractivity contribution < 1.29 is 9.53 Å². The smallest absolute Gasteiger partial charge is 0.306 e. The van der Waals surface area contributed by atoms with Crippen molar-refractivity contribution in [1.82, 2.24) is 4.98 Å². The maximum absolute atomic E-state index is 11.7. The number of hydrogen-bond donors (Lipinski definition) is 1. The molecule has 1 heterocycles. The Balaban J connectivity index is 2.11. The Morgan fingerprint density at radius 3 is 2.80 bits per heavy atom.